The lowest BCUT2D eigenvalue weighted by molar-refractivity contribution is -0.124. The van der Waals surface area contributed by atoms with E-state index in [0.717, 1.165) is 5.01 Å². The van der Waals surface area contributed by atoms with Crippen LogP contribution in [-0.4, -0.2) is 18.4 Å². The standard InChI is InChI=1S/C10H13N3O2/c1-8(14)12-13(10(15)7-11)9-5-3-2-4-6-9/h2-6H,7,11H2,1H3,(H,12,14). The number of rotatable bonds is 2. The van der Waals surface area contributed by atoms with Crippen molar-refractivity contribution in [3.8, 4) is 0 Å². The van der Waals surface area contributed by atoms with Crippen LogP contribution in [-0.2, 0) is 9.59 Å². The first kappa shape index (κ1) is 11.2. The molecule has 1 rings (SSSR count). The number of para-hydroxylation sites is 1. The van der Waals surface area contributed by atoms with Gasteiger partial charge in [-0.3, -0.25) is 15.0 Å². The van der Waals surface area contributed by atoms with Crippen molar-refractivity contribution in [3.05, 3.63) is 30.3 Å². The van der Waals surface area contributed by atoms with Crippen molar-refractivity contribution in [2.45, 2.75) is 6.92 Å². The van der Waals surface area contributed by atoms with E-state index in [0.29, 0.717) is 5.69 Å². The minimum Gasteiger partial charge on any atom is -0.322 e. The smallest absolute Gasteiger partial charge is 0.259 e. The van der Waals surface area contributed by atoms with Gasteiger partial charge in [-0.05, 0) is 12.1 Å². The molecule has 0 bridgehead atoms. The van der Waals surface area contributed by atoms with E-state index in [4.69, 9.17) is 5.73 Å². The molecule has 0 radical (unpaired) electrons. The van der Waals surface area contributed by atoms with Crippen LogP contribution in [0.15, 0.2) is 30.3 Å². The van der Waals surface area contributed by atoms with Gasteiger partial charge in [0.2, 0.25) is 5.91 Å². The lowest BCUT2D eigenvalue weighted by Gasteiger charge is -2.21. The summed E-state index contributed by atoms with van der Waals surface area (Å²) in [5, 5.41) is 1.14. The van der Waals surface area contributed by atoms with Crippen molar-refractivity contribution < 1.29 is 9.59 Å². The van der Waals surface area contributed by atoms with Crippen molar-refractivity contribution in [1.29, 1.82) is 0 Å². The summed E-state index contributed by atoms with van der Waals surface area (Å²) in [7, 11) is 0. The van der Waals surface area contributed by atoms with Gasteiger partial charge in [-0.25, -0.2) is 5.01 Å². The van der Waals surface area contributed by atoms with Gasteiger partial charge in [0.25, 0.3) is 5.91 Å². The van der Waals surface area contributed by atoms with E-state index < -0.39 is 0 Å². The van der Waals surface area contributed by atoms with Crippen LogP contribution in [0.4, 0.5) is 5.69 Å². The SMILES string of the molecule is CC(=O)NN(C(=O)CN)c1ccccc1. The Morgan fingerprint density at radius 1 is 1.33 bits per heavy atom. The molecule has 0 saturated carbocycles. The summed E-state index contributed by atoms with van der Waals surface area (Å²) in [5.74, 6) is -0.683. The Kier molecular flexibility index (Phi) is 3.82. The van der Waals surface area contributed by atoms with E-state index in [-0.39, 0.29) is 18.4 Å². The van der Waals surface area contributed by atoms with Crippen LogP contribution >= 0.6 is 0 Å². The van der Waals surface area contributed by atoms with Gasteiger partial charge in [-0.1, -0.05) is 18.2 Å². The topological polar surface area (TPSA) is 75.4 Å². The highest BCUT2D eigenvalue weighted by molar-refractivity contribution is 5.96. The molecule has 0 aliphatic carbocycles. The second kappa shape index (κ2) is 5.11. The van der Waals surface area contributed by atoms with Crippen LogP contribution in [0.5, 0.6) is 0 Å². The summed E-state index contributed by atoms with van der Waals surface area (Å²) in [6, 6.07) is 8.79. The number of carbonyl (C=O) groups is 2. The van der Waals surface area contributed by atoms with Gasteiger partial charge in [-0.15, -0.1) is 0 Å². The Morgan fingerprint density at radius 2 is 1.93 bits per heavy atom. The van der Waals surface area contributed by atoms with Crippen LogP contribution in [0.25, 0.3) is 0 Å². The molecule has 0 unspecified atom stereocenters. The zero-order valence-corrected chi connectivity index (χ0v) is 8.43. The Bertz CT molecular complexity index is 351. The summed E-state index contributed by atoms with van der Waals surface area (Å²) in [6.45, 7) is 1.18. The molecule has 0 aromatic heterocycles. The fraction of sp³-hybridized carbons (Fsp3) is 0.200. The summed E-state index contributed by atoms with van der Waals surface area (Å²) in [4.78, 5) is 22.3. The number of benzene rings is 1. The van der Waals surface area contributed by atoms with E-state index in [1.807, 2.05) is 6.07 Å². The second-order valence-corrected chi connectivity index (χ2v) is 2.94. The monoisotopic (exact) mass is 207 g/mol. The summed E-state index contributed by atoms with van der Waals surface area (Å²) in [6.07, 6.45) is 0. The molecule has 1 aromatic rings. The molecule has 2 amide bonds. The second-order valence-electron chi connectivity index (χ2n) is 2.94. The molecule has 0 spiro atoms. The lowest BCUT2D eigenvalue weighted by atomic mass is 10.3. The number of nitrogens with zero attached hydrogens (tertiary/aromatic N) is 1. The first-order valence-electron chi connectivity index (χ1n) is 4.50. The van der Waals surface area contributed by atoms with E-state index in [1.54, 1.807) is 24.3 Å². The van der Waals surface area contributed by atoms with E-state index in [1.165, 1.54) is 6.92 Å². The molecule has 0 saturated heterocycles. The van der Waals surface area contributed by atoms with E-state index >= 15 is 0 Å². The van der Waals surface area contributed by atoms with Crippen molar-refractivity contribution >= 4 is 17.5 Å². The number of nitrogens with two attached hydrogens (primary N) is 1. The third-order valence-electron chi connectivity index (χ3n) is 1.71. The largest absolute Gasteiger partial charge is 0.322 e. The minimum absolute atomic E-state index is 0.158. The molecule has 80 valence electrons. The third kappa shape index (κ3) is 3.07. The molecule has 1 aromatic carbocycles. The third-order valence-corrected chi connectivity index (χ3v) is 1.71. The molecule has 0 heterocycles. The first-order chi connectivity index (χ1) is 7.15. The molecule has 0 aliphatic rings. The normalized spacial score (nSPS) is 9.47. The van der Waals surface area contributed by atoms with Gasteiger partial charge in [0.05, 0.1) is 12.2 Å². The van der Waals surface area contributed by atoms with Gasteiger partial charge < -0.3 is 5.73 Å². The minimum atomic E-state index is -0.364. The predicted molar refractivity (Wildman–Crippen MR) is 56.8 cm³/mol. The Balaban J connectivity index is 2.91. The van der Waals surface area contributed by atoms with Crippen molar-refractivity contribution in [1.82, 2.24) is 5.43 Å². The Labute approximate surface area is 87.8 Å². The van der Waals surface area contributed by atoms with Crippen molar-refractivity contribution in [2.75, 3.05) is 11.6 Å². The number of anilines is 1. The van der Waals surface area contributed by atoms with Crippen molar-refractivity contribution in [3.63, 3.8) is 0 Å². The van der Waals surface area contributed by atoms with Crippen molar-refractivity contribution in [2.24, 2.45) is 5.73 Å². The van der Waals surface area contributed by atoms with Gasteiger partial charge in [0, 0.05) is 6.92 Å². The van der Waals surface area contributed by atoms with Crippen LogP contribution < -0.4 is 16.2 Å². The summed E-state index contributed by atoms with van der Waals surface area (Å²) >= 11 is 0. The highest BCUT2D eigenvalue weighted by Gasteiger charge is 2.14. The molecule has 0 aliphatic heterocycles. The zero-order valence-electron chi connectivity index (χ0n) is 8.43. The lowest BCUT2D eigenvalue weighted by Crippen LogP contribution is -2.48. The number of carbonyl (C=O) groups excluding carboxylic acids is 2. The van der Waals surface area contributed by atoms with E-state index in [9.17, 15) is 9.59 Å². The molecule has 5 heteroatoms. The molecule has 3 N–H and O–H groups in total. The molecular formula is C10H13N3O2. The number of hydrogen-bond acceptors (Lipinski definition) is 3. The van der Waals surface area contributed by atoms with Gasteiger partial charge >= 0.3 is 0 Å². The number of hydrazine groups is 1. The van der Waals surface area contributed by atoms with Gasteiger partial charge in [0.15, 0.2) is 0 Å². The molecular weight excluding hydrogens is 194 g/mol. The van der Waals surface area contributed by atoms with Crippen LogP contribution in [0.1, 0.15) is 6.92 Å². The maximum absolute atomic E-state index is 11.4. The van der Waals surface area contributed by atoms with Crippen LogP contribution in [0, 0.1) is 0 Å². The quantitative estimate of drug-likeness (QED) is 0.672. The maximum Gasteiger partial charge on any atom is 0.259 e. The van der Waals surface area contributed by atoms with Crippen LogP contribution in [0.2, 0.25) is 0 Å². The highest BCUT2D eigenvalue weighted by atomic mass is 16.2. The predicted octanol–water partition coefficient (Wildman–Crippen LogP) is 0.0294. The average molecular weight is 207 g/mol. The molecule has 0 atom stereocenters. The fourth-order valence-corrected chi connectivity index (χ4v) is 1.10. The number of amides is 2. The summed E-state index contributed by atoms with van der Waals surface area (Å²) in [5.41, 5.74) is 8.24. The van der Waals surface area contributed by atoms with Gasteiger partial charge in [-0.2, -0.15) is 0 Å². The Hall–Kier alpha value is -1.88. The summed E-state index contributed by atoms with van der Waals surface area (Å²) < 4.78 is 0. The molecule has 15 heavy (non-hydrogen) atoms. The Morgan fingerprint density at radius 3 is 2.40 bits per heavy atom. The molecule has 0 fully saturated rings. The first-order valence-corrected chi connectivity index (χ1v) is 4.50. The highest BCUT2D eigenvalue weighted by Crippen LogP contribution is 2.10. The fourth-order valence-electron chi connectivity index (χ4n) is 1.10. The number of nitrogens with one attached hydrogen (secondary N) is 1. The van der Waals surface area contributed by atoms with Crippen LogP contribution in [0.3, 0.4) is 0 Å². The molecule has 5 nitrogen and oxygen atoms in total. The maximum atomic E-state index is 11.4. The van der Waals surface area contributed by atoms with Gasteiger partial charge in [0.1, 0.15) is 0 Å². The zero-order chi connectivity index (χ0) is 11.3. The van der Waals surface area contributed by atoms with E-state index in [2.05, 4.69) is 5.43 Å². The average Bonchev–Trinajstić information content (AvgIpc) is 2.26. The number of hydrogen-bond donors (Lipinski definition) is 2.